The molecule has 3 aliphatic carbocycles. The highest BCUT2D eigenvalue weighted by Gasteiger charge is 2.66. The van der Waals surface area contributed by atoms with E-state index < -0.39 is 0 Å². The predicted octanol–water partition coefficient (Wildman–Crippen LogP) is 5.88. The first-order valence-electron chi connectivity index (χ1n) is 14.4. The molecule has 0 radical (unpaired) electrons. The molecule has 2 bridgehead atoms. The molecule has 3 aliphatic heterocycles. The van der Waals surface area contributed by atoms with E-state index in [9.17, 15) is 0 Å². The van der Waals surface area contributed by atoms with E-state index in [1.165, 1.54) is 79.8 Å². The molecule has 1 aromatic carbocycles. The van der Waals surface area contributed by atoms with E-state index in [0.29, 0.717) is 23.9 Å². The standard InChI is InChI=1S/C32H39N3O/c1-30-11-8-25-17-24-4-5-27(35-15-10-26(33)20-35)18-31(24)12-13-32(25,36-31)29(30)7-6-28(30)22-3-2-21-9-14-34-19-23(21)16-22/h2-3,8-9,14,16-17,19,26-29H,4-7,10-13,15,18,20,33H2,1H3/t26-,27-,28-,29-,30-,31?,32-/m1/s1. The molecule has 188 valence electrons. The summed E-state index contributed by atoms with van der Waals surface area (Å²) in [6.07, 6.45) is 20.0. The van der Waals surface area contributed by atoms with Crippen LogP contribution in [-0.4, -0.2) is 46.3 Å². The van der Waals surface area contributed by atoms with Crippen molar-refractivity contribution in [2.45, 2.75) is 93.9 Å². The highest BCUT2D eigenvalue weighted by atomic mass is 16.5. The number of nitrogens with two attached hydrogens (primary N) is 1. The van der Waals surface area contributed by atoms with Gasteiger partial charge in [0.15, 0.2) is 0 Å². The monoisotopic (exact) mass is 481 g/mol. The van der Waals surface area contributed by atoms with Crippen molar-refractivity contribution in [3.63, 3.8) is 0 Å². The van der Waals surface area contributed by atoms with Crippen molar-refractivity contribution in [3.05, 3.63) is 65.5 Å². The Morgan fingerprint density at radius 2 is 2.03 bits per heavy atom. The highest BCUT2D eigenvalue weighted by Crippen LogP contribution is 2.69. The van der Waals surface area contributed by atoms with Crippen LogP contribution in [0.25, 0.3) is 10.8 Å². The first-order valence-corrected chi connectivity index (χ1v) is 14.4. The minimum Gasteiger partial charge on any atom is -0.359 e. The number of pyridine rings is 1. The number of allylic oxidation sites excluding steroid dienone is 1. The van der Waals surface area contributed by atoms with Gasteiger partial charge < -0.3 is 10.5 Å². The van der Waals surface area contributed by atoms with Gasteiger partial charge in [-0.2, -0.15) is 0 Å². The zero-order chi connectivity index (χ0) is 24.1. The molecule has 2 saturated heterocycles. The predicted molar refractivity (Wildman–Crippen MR) is 144 cm³/mol. The van der Waals surface area contributed by atoms with Crippen molar-refractivity contribution < 1.29 is 4.74 Å². The second-order valence-electron chi connectivity index (χ2n) is 13.1. The zero-order valence-electron chi connectivity index (χ0n) is 21.6. The number of rotatable bonds is 2. The number of ether oxygens (including phenoxy) is 1. The quantitative estimate of drug-likeness (QED) is 0.582. The van der Waals surface area contributed by atoms with Crippen LogP contribution in [0, 0.1) is 11.3 Å². The topological polar surface area (TPSA) is 51.4 Å². The Kier molecular flexibility index (Phi) is 4.60. The summed E-state index contributed by atoms with van der Waals surface area (Å²) in [4.78, 5) is 7.07. The zero-order valence-corrected chi connectivity index (χ0v) is 21.6. The molecule has 8 rings (SSSR count). The van der Waals surface area contributed by atoms with Gasteiger partial charge in [-0.15, -0.1) is 0 Å². The Hall–Kier alpha value is -2.01. The van der Waals surface area contributed by atoms with Crippen LogP contribution in [-0.2, 0) is 4.74 Å². The number of fused-ring (bicyclic) bond motifs is 2. The summed E-state index contributed by atoms with van der Waals surface area (Å²) in [5.74, 6) is 1.17. The Bertz CT molecular complexity index is 1300. The third kappa shape index (κ3) is 2.90. The molecule has 1 unspecified atom stereocenters. The Labute approximate surface area is 215 Å². The third-order valence-electron chi connectivity index (χ3n) is 11.5. The van der Waals surface area contributed by atoms with E-state index >= 15 is 0 Å². The van der Waals surface area contributed by atoms with Crippen molar-refractivity contribution >= 4 is 10.8 Å². The average Bonchev–Trinajstić information content (AvgIpc) is 3.57. The van der Waals surface area contributed by atoms with Crippen LogP contribution in [0.3, 0.4) is 0 Å². The van der Waals surface area contributed by atoms with Crippen LogP contribution >= 0.6 is 0 Å². The van der Waals surface area contributed by atoms with Gasteiger partial charge in [0, 0.05) is 43.0 Å². The summed E-state index contributed by atoms with van der Waals surface area (Å²) < 4.78 is 7.53. The van der Waals surface area contributed by atoms with Gasteiger partial charge in [0.05, 0.1) is 11.2 Å². The molecule has 2 saturated carbocycles. The number of hydrogen-bond acceptors (Lipinski definition) is 4. The summed E-state index contributed by atoms with van der Waals surface area (Å²) in [6.45, 7) is 4.81. The van der Waals surface area contributed by atoms with Crippen LogP contribution in [0.15, 0.2) is 60.0 Å². The lowest BCUT2D eigenvalue weighted by molar-refractivity contribution is -0.140. The average molecular weight is 482 g/mol. The van der Waals surface area contributed by atoms with Gasteiger partial charge in [-0.1, -0.05) is 31.2 Å². The fourth-order valence-corrected chi connectivity index (χ4v) is 9.71. The Morgan fingerprint density at radius 3 is 2.92 bits per heavy atom. The van der Waals surface area contributed by atoms with Crippen LogP contribution < -0.4 is 5.73 Å². The lowest BCUT2D eigenvalue weighted by atomic mass is 9.58. The molecule has 36 heavy (non-hydrogen) atoms. The molecule has 7 atom stereocenters. The van der Waals surface area contributed by atoms with Crippen molar-refractivity contribution in [3.8, 4) is 0 Å². The van der Waals surface area contributed by atoms with Crippen molar-refractivity contribution in [1.29, 1.82) is 0 Å². The molecule has 4 fully saturated rings. The molecule has 6 aliphatic rings. The van der Waals surface area contributed by atoms with Crippen molar-refractivity contribution in [2.24, 2.45) is 17.1 Å². The molecule has 2 N–H and O–H groups in total. The molecule has 2 spiro atoms. The molecular formula is C32H39N3O. The molecule has 2 aromatic rings. The van der Waals surface area contributed by atoms with Crippen LogP contribution in [0.5, 0.6) is 0 Å². The number of nitrogens with zero attached hydrogens (tertiary/aromatic N) is 2. The fourth-order valence-electron chi connectivity index (χ4n) is 9.71. The van der Waals surface area contributed by atoms with Crippen LogP contribution in [0.2, 0.25) is 0 Å². The maximum absolute atomic E-state index is 7.53. The Morgan fingerprint density at radius 1 is 1.08 bits per heavy atom. The van der Waals surface area contributed by atoms with Gasteiger partial charge in [0.1, 0.15) is 0 Å². The number of benzene rings is 1. The van der Waals surface area contributed by atoms with E-state index in [-0.39, 0.29) is 16.6 Å². The third-order valence-corrected chi connectivity index (χ3v) is 11.5. The summed E-state index contributed by atoms with van der Waals surface area (Å²) >= 11 is 0. The number of likely N-dealkylation sites (tertiary alicyclic amines) is 1. The number of aromatic nitrogens is 1. The van der Waals surface area contributed by atoms with E-state index in [2.05, 4.69) is 53.2 Å². The first kappa shape index (κ1) is 22.0. The van der Waals surface area contributed by atoms with Gasteiger partial charge in [0.2, 0.25) is 0 Å². The lowest BCUT2D eigenvalue weighted by Crippen LogP contribution is -2.55. The molecule has 4 heterocycles. The van der Waals surface area contributed by atoms with E-state index in [1.54, 1.807) is 5.57 Å². The van der Waals surface area contributed by atoms with Crippen LogP contribution in [0.1, 0.15) is 76.2 Å². The van der Waals surface area contributed by atoms with Gasteiger partial charge in [-0.25, -0.2) is 0 Å². The van der Waals surface area contributed by atoms with Gasteiger partial charge in [0.25, 0.3) is 0 Å². The summed E-state index contributed by atoms with van der Waals surface area (Å²) in [6, 6.07) is 10.2. The SMILES string of the molecule is C[C@]12CC=C3C=C4CC[C@@H](N5CC[C@@H](N)C5)CC45CC[C@]3(O5)[C@@H]1CC[C@@H]2c1ccc2ccncc2c1. The van der Waals surface area contributed by atoms with E-state index in [4.69, 9.17) is 10.5 Å². The summed E-state index contributed by atoms with van der Waals surface area (Å²) in [5, 5.41) is 2.55. The molecule has 4 heteroatoms. The normalized spacial score (nSPS) is 43.6. The smallest absolute Gasteiger partial charge is 0.0974 e. The molecule has 1 aromatic heterocycles. The second-order valence-corrected chi connectivity index (χ2v) is 13.1. The molecular weight excluding hydrogens is 442 g/mol. The van der Waals surface area contributed by atoms with Crippen LogP contribution in [0.4, 0.5) is 0 Å². The van der Waals surface area contributed by atoms with Gasteiger partial charge >= 0.3 is 0 Å². The lowest BCUT2D eigenvalue weighted by Gasteiger charge is -2.55. The van der Waals surface area contributed by atoms with E-state index in [1.807, 2.05) is 12.4 Å². The summed E-state index contributed by atoms with van der Waals surface area (Å²) in [5.41, 5.74) is 11.1. The van der Waals surface area contributed by atoms with Gasteiger partial charge in [-0.05, 0) is 109 Å². The highest BCUT2D eigenvalue weighted by molar-refractivity contribution is 5.82. The summed E-state index contributed by atoms with van der Waals surface area (Å²) in [7, 11) is 0. The Balaban J connectivity index is 1.14. The minimum absolute atomic E-state index is 0.0299. The van der Waals surface area contributed by atoms with E-state index in [0.717, 1.165) is 13.0 Å². The minimum atomic E-state index is -0.0764. The first-order chi connectivity index (χ1) is 17.5. The maximum atomic E-state index is 7.53. The molecule has 4 nitrogen and oxygen atoms in total. The fraction of sp³-hybridized carbons (Fsp3) is 0.594. The van der Waals surface area contributed by atoms with Crippen molar-refractivity contribution in [2.75, 3.05) is 13.1 Å². The second kappa shape index (κ2) is 7.52. The maximum Gasteiger partial charge on any atom is 0.0974 e. The van der Waals surface area contributed by atoms with Gasteiger partial charge in [-0.3, -0.25) is 9.88 Å². The van der Waals surface area contributed by atoms with Crippen molar-refractivity contribution in [1.82, 2.24) is 9.88 Å². The molecule has 0 amide bonds. The number of hydrogen-bond donors (Lipinski definition) is 1. The largest absolute Gasteiger partial charge is 0.359 e.